The molecule has 0 bridgehead atoms. The van der Waals surface area contributed by atoms with Crippen LogP contribution < -0.4 is 0 Å². The van der Waals surface area contributed by atoms with E-state index < -0.39 is 0 Å². The molecule has 0 spiro atoms. The number of hydrogen-bond donors (Lipinski definition) is 0. The molecule has 2 atom stereocenters. The van der Waals surface area contributed by atoms with Crippen molar-refractivity contribution in [3.05, 3.63) is 35.9 Å². The van der Waals surface area contributed by atoms with E-state index in [9.17, 15) is 9.59 Å². The lowest BCUT2D eigenvalue weighted by molar-refractivity contribution is -0.148. The SMILES string of the molecule is CCN1CC[C@]2(C(=O)N3CCOCC3)CCN(C(=O)c3ccccc3)CC[C@H]12. The molecule has 4 rings (SSSR count). The summed E-state index contributed by atoms with van der Waals surface area (Å²) in [4.78, 5) is 33.1. The van der Waals surface area contributed by atoms with Crippen molar-refractivity contribution in [2.24, 2.45) is 5.41 Å². The fourth-order valence-electron chi connectivity index (χ4n) is 5.27. The lowest BCUT2D eigenvalue weighted by Gasteiger charge is -2.40. The molecule has 6 nitrogen and oxygen atoms in total. The second-order valence-electron chi connectivity index (χ2n) is 8.15. The first kappa shape index (κ1) is 19.4. The molecule has 6 heteroatoms. The van der Waals surface area contributed by atoms with Crippen LogP contribution in [0.25, 0.3) is 0 Å². The number of carbonyl (C=O) groups excluding carboxylic acids is 2. The Kier molecular flexibility index (Phi) is 5.69. The number of likely N-dealkylation sites (tertiary alicyclic amines) is 2. The van der Waals surface area contributed by atoms with Crippen LogP contribution in [0.3, 0.4) is 0 Å². The van der Waals surface area contributed by atoms with E-state index in [0.717, 1.165) is 37.9 Å². The third-order valence-corrected chi connectivity index (χ3v) is 6.86. The maximum Gasteiger partial charge on any atom is 0.253 e. The number of fused-ring (bicyclic) bond motifs is 1. The Hall–Kier alpha value is -1.92. The zero-order valence-corrected chi connectivity index (χ0v) is 16.8. The van der Waals surface area contributed by atoms with Crippen LogP contribution >= 0.6 is 0 Å². The second-order valence-corrected chi connectivity index (χ2v) is 8.15. The van der Waals surface area contributed by atoms with E-state index >= 15 is 0 Å². The molecule has 0 aliphatic carbocycles. The van der Waals surface area contributed by atoms with Gasteiger partial charge < -0.3 is 14.5 Å². The van der Waals surface area contributed by atoms with Gasteiger partial charge in [0.05, 0.1) is 18.6 Å². The molecule has 3 aliphatic heterocycles. The van der Waals surface area contributed by atoms with Crippen LogP contribution in [-0.4, -0.2) is 85.0 Å². The summed E-state index contributed by atoms with van der Waals surface area (Å²) in [6.45, 7) is 8.10. The van der Waals surface area contributed by atoms with Gasteiger partial charge in [0.15, 0.2) is 0 Å². The van der Waals surface area contributed by atoms with E-state index in [2.05, 4.69) is 11.8 Å². The molecule has 3 saturated heterocycles. The van der Waals surface area contributed by atoms with Gasteiger partial charge in [-0.05, 0) is 44.5 Å². The van der Waals surface area contributed by atoms with Gasteiger partial charge in [0.25, 0.3) is 5.91 Å². The molecule has 0 aromatic heterocycles. The minimum atomic E-state index is -0.362. The zero-order valence-electron chi connectivity index (χ0n) is 16.8. The van der Waals surface area contributed by atoms with Crippen LogP contribution in [0.4, 0.5) is 0 Å². The van der Waals surface area contributed by atoms with E-state index in [1.54, 1.807) is 0 Å². The predicted octanol–water partition coefficient (Wildman–Crippen LogP) is 1.86. The summed E-state index contributed by atoms with van der Waals surface area (Å²) < 4.78 is 5.45. The van der Waals surface area contributed by atoms with Gasteiger partial charge in [0.2, 0.25) is 5.91 Å². The molecule has 28 heavy (non-hydrogen) atoms. The molecule has 152 valence electrons. The van der Waals surface area contributed by atoms with Gasteiger partial charge in [0, 0.05) is 37.8 Å². The number of amides is 2. The molecule has 0 N–H and O–H groups in total. The first-order chi connectivity index (χ1) is 13.7. The van der Waals surface area contributed by atoms with Crippen molar-refractivity contribution >= 4 is 11.8 Å². The molecule has 0 saturated carbocycles. The maximum absolute atomic E-state index is 13.7. The lowest BCUT2D eigenvalue weighted by atomic mass is 9.75. The highest BCUT2D eigenvalue weighted by Gasteiger charge is 2.54. The summed E-state index contributed by atoms with van der Waals surface area (Å²) >= 11 is 0. The monoisotopic (exact) mass is 385 g/mol. The van der Waals surface area contributed by atoms with Crippen LogP contribution in [-0.2, 0) is 9.53 Å². The third-order valence-electron chi connectivity index (χ3n) is 6.86. The Labute approximate surface area is 167 Å². The molecule has 0 radical (unpaired) electrons. The van der Waals surface area contributed by atoms with Gasteiger partial charge in [-0.1, -0.05) is 25.1 Å². The second kappa shape index (κ2) is 8.21. The smallest absolute Gasteiger partial charge is 0.253 e. The molecule has 3 aliphatic rings. The number of carbonyl (C=O) groups is 2. The van der Waals surface area contributed by atoms with Gasteiger partial charge in [-0.15, -0.1) is 0 Å². The highest BCUT2D eigenvalue weighted by atomic mass is 16.5. The Morgan fingerprint density at radius 3 is 2.43 bits per heavy atom. The standard InChI is InChI=1S/C22H31N3O3/c1-2-23-12-9-22(21(27)25-14-16-28-17-15-25)10-13-24(11-8-19(22)23)20(26)18-6-4-3-5-7-18/h3-7,19H,2,8-17H2,1H3/t19-,22-/m0/s1. The molecule has 0 unspecified atom stereocenters. The predicted molar refractivity (Wildman–Crippen MR) is 107 cm³/mol. The first-order valence-corrected chi connectivity index (χ1v) is 10.6. The molecule has 3 heterocycles. The van der Waals surface area contributed by atoms with E-state index in [1.165, 1.54) is 0 Å². The summed E-state index contributed by atoms with van der Waals surface area (Å²) in [7, 11) is 0. The van der Waals surface area contributed by atoms with Gasteiger partial charge in [0.1, 0.15) is 0 Å². The number of benzene rings is 1. The van der Waals surface area contributed by atoms with E-state index in [1.807, 2.05) is 40.1 Å². The van der Waals surface area contributed by atoms with Crippen molar-refractivity contribution in [1.29, 1.82) is 0 Å². The van der Waals surface area contributed by atoms with Crippen molar-refractivity contribution < 1.29 is 14.3 Å². The van der Waals surface area contributed by atoms with Crippen LogP contribution in [0, 0.1) is 5.41 Å². The number of morpholine rings is 1. The van der Waals surface area contributed by atoms with Crippen molar-refractivity contribution in [3.63, 3.8) is 0 Å². The highest BCUT2D eigenvalue weighted by Crippen LogP contribution is 2.45. The number of hydrogen-bond acceptors (Lipinski definition) is 4. The van der Waals surface area contributed by atoms with Gasteiger partial charge >= 0.3 is 0 Å². The van der Waals surface area contributed by atoms with Crippen LogP contribution in [0.15, 0.2) is 30.3 Å². The van der Waals surface area contributed by atoms with Crippen LogP contribution in [0.1, 0.15) is 36.5 Å². The molecular formula is C22H31N3O3. The Bertz CT molecular complexity index is 704. The molecule has 3 fully saturated rings. The Morgan fingerprint density at radius 2 is 1.71 bits per heavy atom. The molecule has 2 amide bonds. The van der Waals surface area contributed by atoms with E-state index in [-0.39, 0.29) is 23.3 Å². The van der Waals surface area contributed by atoms with E-state index in [0.29, 0.717) is 39.4 Å². The lowest BCUT2D eigenvalue weighted by Crippen LogP contribution is -2.53. The van der Waals surface area contributed by atoms with Gasteiger partial charge in [-0.2, -0.15) is 0 Å². The fraction of sp³-hybridized carbons (Fsp3) is 0.636. The van der Waals surface area contributed by atoms with Crippen LogP contribution in [0.5, 0.6) is 0 Å². The summed E-state index contributed by atoms with van der Waals surface area (Å²) in [5.41, 5.74) is 0.370. The van der Waals surface area contributed by atoms with E-state index in [4.69, 9.17) is 4.74 Å². The van der Waals surface area contributed by atoms with Crippen molar-refractivity contribution in [2.45, 2.75) is 32.2 Å². The minimum Gasteiger partial charge on any atom is -0.378 e. The number of rotatable bonds is 3. The maximum atomic E-state index is 13.7. The highest BCUT2D eigenvalue weighted by molar-refractivity contribution is 5.94. The van der Waals surface area contributed by atoms with Crippen molar-refractivity contribution in [1.82, 2.24) is 14.7 Å². The fourth-order valence-corrected chi connectivity index (χ4v) is 5.27. The Balaban J connectivity index is 1.56. The van der Waals surface area contributed by atoms with Gasteiger partial charge in [-0.3, -0.25) is 14.5 Å². The molecule has 1 aromatic rings. The summed E-state index contributed by atoms with van der Waals surface area (Å²) in [6, 6.07) is 9.71. The zero-order chi connectivity index (χ0) is 19.6. The third kappa shape index (κ3) is 3.44. The Morgan fingerprint density at radius 1 is 1.00 bits per heavy atom. The average Bonchev–Trinajstić information content (AvgIpc) is 3.01. The minimum absolute atomic E-state index is 0.0811. The topological polar surface area (TPSA) is 53.1 Å². The largest absolute Gasteiger partial charge is 0.378 e. The average molecular weight is 386 g/mol. The van der Waals surface area contributed by atoms with Crippen LogP contribution in [0.2, 0.25) is 0 Å². The van der Waals surface area contributed by atoms with Crippen molar-refractivity contribution in [3.8, 4) is 0 Å². The summed E-state index contributed by atoms with van der Waals surface area (Å²) in [6.07, 6.45) is 2.51. The summed E-state index contributed by atoms with van der Waals surface area (Å²) in [5, 5.41) is 0. The van der Waals surface area contributed by atoms with Gasteiger partial charge in [-0.25, -0.2) is 0 Å². The first-order valence-electron chi connectivity index (χ1n) is 10.6. The quantitative estimate of drug-likeness (QED) is 0.797. The number of ether oxygens (including phenoxy) is 1. The number of nitrogens with zero attached hydrogens (tertiary/aromatic N) is 3. The summed E-state index contributed by atoms with van der Waals surface area (Å²) in [5.74, 6) is 0.364. The van der Waals surface area contributed by atoms with Crippen molar-refractivity contribution in [2.75, 3.05) is 52.5 Å². The molecular weight excluding hydrogens is 354 g/mol. The molecule has 1 aromatic carbocycles. The normalized spacial score (nSPS) is 28.7.